The maximum Gasteiger partial charge on any atom is 0.337 e. The number of carbonyl (C=O) groups excluding carboxylic acids is 1. The van der Waals surface area contributed by atoms with E-state index in [-0.39, 0.29) is 6.61 Å². The van der Waals surface area contributed by atoms with Gasteiger partial charge in [0, 0.05) is 6.16 Å². The maximum absolute atomic E-state index is 12.1. The molecule has 6 heteroatoms. The summed E-state index contributed by atoms with van der Waals surface area (Å²) >= 11 is 0. The van der Waals surface area contributed by atoms with Crippen LogP contribution in [0.15, 0.2) is 24.3 Å². The Labute approximate surface area is 113 Å². The van der Waals surface area contributed by atoms with E-state index in [0.717, 1.165) is 5.56 Å². The molecule has 1 aromatic carbocycles. The van der Waals surface area contributed by atoms with E-state index in [2.05, 4.69) is 4.74 Å². The molecule has 106 valence electrons. The average Bonchev–Trinajstić information content (AvgIpc) is 2.45. The normalized spacial score (nSPS) is 13.8. The smallest absolute Gasteiger partial charge is 0.337 e. The number of benzene rings is 1. The van der Waals surface area contributed by atoms with Crippen LogP contribution in [0.1, 0.15) is 29.8 Å². The van der Waals surface area contributed by atoms with Gasteiger partial charge in [0.2, 0.25) is 0 Å². The molecule has 0 aliphatic rings. The minimum absolute atomic E-state index is 0.135. The lowest BCUT2D eigenvalue weighted by atomic mass is 10.1. The van der Waals surface area contributed by atoms with Crippen molar-refractivity contribution in [2.75, 3.05) is 19.9 Å². The zero-order valence-corrected chi connectivity index (χ0v) is 12.3. The fourth-order valence-corrected chi connectivity index (χ4v) is 2.67. The third-order valence-electron chi connectivity index (χ3n) is 2.49. The number of methoxy groups -OCH3 is 1. The van der Waals surface area contributed by atoms with Crippen molar-refractivity contribution in [3.05, 3.63) is 35.4 Å². The zero-order chi connectivity index (χ0) is 14.3. The van der Waals surface area contributed by atoms with Gasteiger partial charge in [-0.1, -0.05) is 19.1 Å². The number of carbonyl (C=O) groups is 1. The van der Waals surface area contributed by atoms with Crippen molar-refractivity contribution in [1.29, 1.82) is 0 Å². The van der Waals surface area contributed by atoms with E-state index in [4.69, 9.17) is 9.05 Å². The molecule has 1 aromatic rings. The van der Waals surface area contributed by atoms with E-state index in [0.29, 0.717) is 18.3 Å². The lowest BCUT2D eigenvalue weighted by Crippen LogP contribution is -2.03. The van der Waals surface area contributed by atoms with Crippen molar-refractivity contribution in [3.63, 3.8) is 0 Å². The molecule has 0 fully saturated rings. The Bertz CT molecular complexity index is 472. The SMILES string of the molecule is CCOP(=O)(CC)OCc1cccc(C(=O)OC)c1. The third kappa shape index (κ3) is 4.78. The summed E-state index contributed by atoms with van der Waals surface area (Å²) in [5.74, 6) is -0.412. The first-order valence-electron chi connectivity index (χ1n) is 6.10. The van der Waals surface area contributed by atoms with Crippen molar-refractivity contribution < 1.29 is 23.1 Å². The molecule has 0 bridgehead atoms. The third-order valence-corrected chi connectivity index (χ3v) is 4.44. The highest BCUT2D eigenvalue weighted by molar-refractivity contribution is 7.53. The second-order valence-electron chi connectivity index (χ2n) is 3.81. The molecule has 0 heterocycles. The standard InChI is InChI=1S/C13H19O5P/c1-4-17-19(15,5-2)18-10-11-7-6-8-12(9-11)13(14)16-3/h6-9H,4-5,10H2,1-3H3. The molecule has 0 spiro atoms. The van der Waals surface area contributed by atoms with Crippen molar-refractivity contribution in [1.82, 2.24) is 0 Å². The molecule has 0 aromatic heterocycles. The summed E-state index contributed by atoms with van der Waals surface area (Å²) in [6, 6.07) is 6.82. The monoisotopic (exact) mass is 286 g/mol. The molecule has 0 radical (unpaired) electrons. The molecule has 0 N–H and O–H groups in total. The van der Waals surface area contributed by atoms with Crippen molar-refractivity contribution in [2.45, 2.75) is 20.5 Å². The quantitative estimate of drug-likeness (QED) is 0.569. The van der Waals surface area contributed by atoms with Gasteiger partial charge < -0.3 is 13.8 Å². The fourth-order valence-electron chi connectivity index (χ4n) is 1.50. The van der Waals surface area contributed by atoms with Gasteiger partial charge in [-0.3, -0.25) is 4.57 Å². The molecular weight excluding hydrogens is 267 g/mol. The highest BCUT2D eigenvalue weighted by Crippen LogP contribution is 2.48. The van der Waals surface area contributed by atoms with Crippen LogP contribution in [0, 0.1) is 0 Å². The topological polar surface area (TPSA) is 61.8 Å². The average molecular weight is 286 g/mol. The fraction of sp³-hybridized carbons (Fsp3) is 0.462. The lowest BCUT2D eigenvalue weighted by molar-refractivity contribution is 0.0600. The lowest BCUT2D eigenvalue weighted by Gasteiger charge is -2.16. The van der Waals surface area contributed by atoms with Crippen LogP contribution < -0.4 is 0 Å². The van der Waals surface area contributed by atoms with Gasteiger partial charge in [-0.25, -0.2) is 4.79 Å². The van der Waals surface area contributed by atoms with Gasteiger partial charge in [-0.15, -0.1) is 0 Å². The van der Waals surface area contributed by atoms with Crippen LogP contribution in [-0.4, -0.2) is 25.8 Å². The Hall–Kier alpha value is -1.16. The summed E-state index contributed by atoms with van der Waals surface area (Å²) in [6.45, 7) is 3.99. The molecule has 1 rings (SSSR count). The van der Waals surface area contributed by atoms with Gasteiger partial charge in [-0.05, 0) is 24.6 Å². The van der Waals surface area contributed by atoms with Crippen LogP contribution in [0.4, 0.5) is 0 Å². The van der Waals surface area contributed by atoms with Gasteiger partial charge in [0.25, 0.3) is 0 Å². The minimum atomic E-state index is -3.03. The van der Waals surface area contributed by atoms with Gasteiger partial charge in [0.15, 0.2) is 0 Å². The number of hydrogen-bond acceptors (Lipinski definition) is 5. The van der Waals surface area contributed by atoms with Crippen molar-refractivity contribution in [2.24, 2.45) is 0 Å². The van der Waals surface area contributed by atoms with Gasteiger partial charge in [-0.2, -0.15) is 0 Å². The Kier molecular flexibility index (Phi) is 6.22. The Morgan fingerprint density at radius 3 is 2.58 bits per heavy atom. The Balaban J connectivity index is 2.72. The van der Waals surface area contributed by atoms with E-state index in [1.807, 2.05) is 0 Å². The molecule has 0 saturated heterocycles. The van der Waals surface area contributed by atoms with Crippen LogP contribution in [0.25, 0.3) is 0 Å². The minimum Gasteiger partial charge on any atom is -0.465 e. The van der Waals surface area contributed by atoms with E-state index < -0.39 is 13.6 Å². The summed E-state index contributed by atoms with van der Waals surface area (Å²) in [5.41, 5.74) is 1.18. The number of rotatable bonds is 7. The van der Waals surface area contributed by atoms with E-state index in [1.165, 1.54) is 7.11 Å². The first-order valence-corrected chi connectivity index (χ1v) is 7.82. The number of ether oxygens (including phenoxy) is 1. The summed E-state index contributed by atoms with van der Waals surface area (Å²) in [4.78, 5) is 11.4. The van der Waals surface area contributed by atoms with E-state index in [9.17, 15) is 9.36 Å². The van der Waals surface area contributed by atoms with Crippen molar-refractivity contribution in [3.8, 4) is 0 Å². The molecule has 1 atom stereocenters. The molecule has 0 amide bonds. The van der Waals surface area contributed by atoms with Gasteiger partial charge in [0.1, 0.15) is 0 Å². The number of hydrogen-bond donors (Lipinski definition) is 0. The van der Waals surface area contributed by atoms with Crippen LogP contribution in [0.5, 0.6) is 0 Å². The van der Waals surface area contributed by atoms with Gasteiger partial charge in [0.05, 0.1) is 25.9 Å². The van der Waals surface area contributed by atoms with Crippen LogP contribution >= 0.6 is 7.60 Å². The predicted octanol–water partition coefficient (Wildman–Crippen LogP) is 3.24. The van der Waals surface area contributed by atoms with Crippen molar-refractivity contribution >= 4 is 13.6 Å². The zero-order valence-electron chi connectivity index (χ0n) is 11.4. The molecule has 5 nitrogen and oxygen atoms in total. The van der Waals surface area contributed by atoms with E-state index in [1.54, 1.807) is 38.1 Å². The largest absolute Gasteiger partial charge is 0.465 e. The summed E-state index contributed by atoms with van der Waals surface area (Å²) in [5, 5.41) is 0. The highest BCUT2D eigenvalue weighted by atomic mass is 31.2. The summed E-state index contributed by atoms with van der Waals surface area (Å²) in [6.07, 6.45) is 0.317. The molecule has 19 heavy (non-hydrogen) atoms. The second kappa shape index (κ2) is 7.43. The van der Waals surface area contributed by atoms with Crippen LogP contribution in [0.3, 0.4) is 0 Å². The number of esters is 1. The van der Waals surface area contributed by atoms with E-state index >= 15 is 0 Å². The Morgan fingerprint density at radius 2 is 2.00 bits per heavy atom. The molecular formula is C13H19O5P. The predicted molar refractivity (Wildman–Crippen MR) is 72.3 cm³/mol. The summed E-state index contributed by atoms with van der Waals surface area (Å²) < 4.78 is 27.2. The van der Waals surface area contributed by atoms with Gasteiger partial charge >= 0.3 is 13.6 Å². The second-order valence-corrected chi connectivity index (χ2v) is 6.18. The molecule has 0 aliphatic carbocycles. The highest BCUT2D eigenvalue weighted by Gasteiger charge is 2.21. The molecule has 0 saturated carbocycles. The molecule has 0 aliphatic heterocycles. The maximum atomic E-state index is 12.1. The first-order chi connectivity index (χ1) is 9.04. The first kappa shape index (κ1) is 15.9. The summed E-state index contributed by atoms with van der Waals surface area (Å²) in [7, 11) is -1.70. The van der Waals surface area contributed by atoms with Crippen LogP contribution in [0.2, 0.25) is 0 Å². The molecule has 1 unspecified atom stereocenters. The Morgan fingerprint density at radius 1 is 1.26 bits per heavy atom. The van der Waals surface area contributed by atoms with Crippen LogP contribution in [-0.2, 0) is 25.0 Å².